The molecule has 0 saturated carbocycles. The molecule has 0 amide bonds. The Morgan fingerprint density at radius 3 is 2.48 bits per heavy atom. The van der Waals surface area contributed by atoms with E-state index in [-0.39, 0.29) is 23.7 Å². The summed E-state index contributed by atoms with van der Waals surface area (Å²) in [5.41, 5.74) is 1.46. The molecular formula is C18H23N3O5S. The molecule has 3 rings (SSSR count). The molecule has 0 atom stereocenters. The van der Waals surface area contributed by atoms with Crippen molar-refractivity contribution in [2.45, 2.75) is 38.8 Å². The predicted molar refractivity (Wildman–Crippen MR) is 98.2 cm³/mol. The average Bonchev–Trinajstić information content (AvgIpc) is 3.04. The summed E-state index contributed by atoms with van der Waals surface area (Å²) in [7, 11) is -2.15. The lowest BCUT2D eigenvalue weighted by atomic mass is 10.1. The van der Waals surface area contributed by atoms with Crippen LogP contribution in [0, 0.1) is 13.8 Å². The lowest BCUT2D eigenvalue weighted by Gasteiger charge is -2.28. The highest BCUT2D eigenvalue weighted by molar-refractivity contribution is 7.89. The van der Waals surface area contributed by atoms with Gasteiger partial charge in [-0.05, 0) is 44.0 Å². The van der Waals surface area contributed by atoms with Crippen LogP contribution in [-0.2, 0) is 27.8 Å². The van der Waals surface area contributed by atoms with Gasteiger partial charge in [0.05, 0.1) is 25.2 Å². The highest BCUT2D eigenvalue weighted by Crippen LogP contribution is 2.30. The summed E-state index contributed by atoms with van der Waals surface area (Å²) in [5.74, 6) is 0.643. The van der Waals surface area contributed by atoms with E-state index in [1.54, 1.807) is 50.8 Å². The lowest BCUT2D eigenvalue weighted by molar-refractivity contribution is 0.0520. The third-order valence-electron chi connectivity index (χ3n) is 4.52. The number of carbonyl (C=O) groups is 1. The Morgan fingerprint density at radius 1 is 1.22 bits per heavy atom. The second-order valence-corrected chi connectivity index (χ2v) is 8.26. The van der Waals surface area contributed by atoms with Crippen molar-refractivity contribution in [2.24, 2.45) is 0 Å². The number of fused-ring (bicyclic) bond motifs is 1. The SMILES string of the molecule is CCOC(=O)c1cn2c(n1)CN(S(=O)(=O)c1c(C)cc(OC)cc1C)CC2. The number of aryl methyl sites for hydroxylation is 2. The molecule has 1 aromatic heterocycles. The fraction of sp³-hybridized carbons (Fsp3) is 0.444. The number of ether oxygens (including phenoxy) is 2. The van der Waals surface area contributed by atoms with Crippen molar-refractivity contribution >= 4 is 16.0 Å². The standard InChI is InChI=1S/C18H23N3O5S/c1-5-26-18(22)15-10-20-6-7-21(11-16(20)19-15)27(23,24)17-12(2)8-14(25-4)9-13(17)3/h8-10H,5-7,11H2,1-4H3. The Morgan fingerprint density at radius 2 is 1.89 bits per heavy atom. The Kier molecular flexibility index (Phi) is 5.25. The summed E-state index contributed by atoms with van der Waals surface area (Å²) in [6, 6.07) is 3.42. The number of hydrogen-bond donors (Lipinski definition) is 0. The molecule has 1 aliphatic heterocycles. The maximum Gasteiger partial charge on any atom is 0.358 e. The summed E-state index contributed by atoms with van der Waals surface area (Å²) in [6.45, 7) is 6.33. The quantitative estimate of drug-likeness (QED) is 0.721. The van der Waals surface area contributed by atoms with E-state index in [1.165, 1.54) is 4.31 Å². The van der Waals surface area contributed by atoms with Gasteiger partial charge in [-0.25, -0.2) is 18.2 Å². The summed E-state index contributed by atoms with van der Waals surface area (Å²) in [6.07, 6.45) is 1.61. The summed E-state index contributed by atoms with van der Waals surface area (Å²) >= 11 is 0. The van der Waals surface area contributed by atoms with E-state index in [9.17, 15) is 13.2 Å². The molecule has 1 aliphatic rings. The van der Waals surface area contributed by atoms with Crippen LogP contribution in [0.4, 0.5) is 0 Å². The number of carbonyl (C=O) groups excluding carboxylic acids is 1. The van der Waals surface area contributed by atoms with Crippen molar-refractivity contribution in [2.75, 3.05) is 20.3 Å². The maximum absolute atomic E-state index is 13.2. The first-order chi connectivity index (χ1) is 12.8. The predicted octanol–water partition coefficient (Wildman–Crippen LogP) is 1.89. The number of methoxy groups -OCH3 is 1. The fourth-order valence-electron chi connectivity index (χ4n) is 3.30. The summed E-state index contributed by atoms with van der Waals surface area (Å²) < 4.78 is 39.8. The van der Waals surface area contributed by atoms with E-state index in [1.807, 2.05) is 0 Å². The lowest BCUT2D eigenvalue weighted by Crippen LogP contribution is -2.38. The van der Waals surface area contributed by atoms with Gasteiger partial charge < -0.3 is 14.0 Å². The minimum atomic E-state index is -3.70. The van der Waals surface area contributed by atoms with E-state index >= 15 is 0 Å². The van der Waals surface area contributed by atoms with Gasteiger partial charge in [0.15, 0.2) is 5.69 Å². The number of aromatic nitrogens is 2. The first-order valence-corrected chi connectivity index (χ1v) is 10.1. The van der Waals surface area contributed by atoms with Gasteiger partial charge >= 0.3 is 5.97 Å². The van der Waals surface area contributed by atoms with Crippen LogP contribution >= 0.6 is 0 Å². The van der Waals surface area contributed by atoms with Crippen LogP contribution in [0.15, 0.2) is 23.2 Å². The van der Waals surface area contributed by atoms with Gasteiger partial charge in [-0.1, -0.05) is 0 Å². The smallest absolute Gasteiger partial charge is 0.358 e. The molecule has 146 valence electrons. The summed E-state index contributed by atoms with van der Waals surface area (Å²) in [5, 5.41) is 0. The first kappa shape index (κ1) is 19.4. The molecule has 0 radical (unpaired) electrons. The molecule has 2 aromatic rings. The second kappa shape index (κ2) is 7.32. The topological polar surface area (TPSA) is 90.7 Å². The average molecular weight is 393 g/mol. The third kappa shape index (κ3) is 3.57. The van der Waals surface area contributed by atoms with Crippen molar-refractivity contribution in [3.63, 3.8) is 0 Å². The van der Waals surface area contributed by atoms with Crippen LogP contribution in [0.2, 0.25) is 0 Å². The second-order valence-electron chi connectivity index (χ2n) is 6.39. The molecule has 9 heteroatoms. The highest BCUT2D eigenvalue weighted by atomic mass is 32.2. The molecule has 0 N–H and O–H groups in total. The van der Waals surface area contributed by atoms with Crippen molar-refractivity contribution < 1.29 is 22.7 Å². The van der Waals surface area contributed by atoms with E-state index in [0.29, 0.717) is 35.8 Å². The number of nitrogens with zero attached hydrogens (tertiary/aromatic N) is 3. The van der Waals surface area contributed by atoms with Crippen LogP contribution in [0.3, 0.4) is 0 Å². The molecule has 0 fully saturated rings. The molecule has 2 heterocycles. The molecule has 0 saturated heterocycles. The largest absolute Gasteiger partial charge is 0.497 e. The fourth-order valence-corrected chi connectivity index (χ4v) is 5.10. The molecular weight excluding hydrogens is 370 g/mol. The minimum Gasteiger partial charge on any atom is -0.497 e. The highest BCUT2D eigenvalue weighted by Gasteiger charge is 2.32. The Labute approximate surface area is 158 Å². The first-order valence-electron chi connectivity index (χ1n) is 8.66. The van der Waals surface area contributed by atoms with Crippen LogP contribution < -0.4 is 4.74 Å². The normalized spacial score (nSPS) is 14.7. The Balaban J connectivity index is 1.91. The maximum atomic E-state index is 13.2. The van der Waals surface area contributed by atoms with Gasteiger partial charge in [-0.15, -0.1) is 0 Å². The number of hydrogen-bond acceptors (Lipinski definition) is 6. The van der Waals surface area contributed by atoms with Gasteiger partial charge in [-0.3, -0.25) is 0 Å². The van der Waals surface area contributed by atoms with Crippen molar-refractivity contribution in [3.8, 4) is 5.75 Å². The molecule has 27 heavy (non-hydrogen) atoms. The number of imidazole rings is 1. The van der Waals surface area contributed by atoms with E-state index < -0.39 is 16.0 Å². The van der Waals surface area contributed by atoms with Gasteiger partial charge in [0.25, 0.3) is 0 Å². The van der Waals surface area contributed by atoms with Crippen LogP contribution in [0.1, 0.15) is 34.4 Å². The molecule has 0 bridgehead atoms. The third-order valence-corrected chi connectivity index (χ3v) is 6.67. The van der Waals surface area contributed by atoms with Crippen LogP contribution in [-0.4, -0.2) is 48.5 Å². The van der Waals surface area contributed by atoms with Crippen LogP contribution in [0.25, 0.3) is 0 Å². The molecule has 0 unspecified atom stereocenters. The van der Waals surface area contributed by atoms with Crippen LogP contribution in [0.5, 0.6) is 5.75 Å². The Hall–Kier alpha value is -2.39. The molecule has 1 aromatic carbocycles. The monoisotopic (exact) mass is 393 g/mol. The zero-order valence-electron chi connectivity index (χ0n) is 15.9. The Bertz CT molecular complexity index is 958. The summed E-state index contributed by atoms with van der Waals surface area (Å²) in [4.78, 5) is 16.4. The van der Waals surface area contributed by atoms with Gasteiger partial charge in [0.1, 0.15) is 11.6 Å². The number of sulfonamides is 1. The number of benzene rings is 1. The van der Waals surface area contributed by atoms with Crippen molar-refractivity contribution in [3.05, 3.63) is 41.0 Å². The van der Waals surface area contributed by atoms with Crippen molar-refractivity contribution in [1.29, 1.82) is 0 Å². The van der Waals surface area contributed by atoms with E-state index in [4.69, 9.17) is 9.47 Å². The zero-order valence-corrected chi connectivity index (χ0v) is 16.7. The van der Waals surface area contributed by atoms with E-state index in [2.05, 4.69) is 4.98 Å². The number of esters is 1. The molecule has 0 aliphatic carbocycles. The van der Waals surface area contributed by atoms with Gasteiger partial charge in [0, 0.05) is 19.3 Å². The minimum absolute atomic E-state index is 0.104. The van der Waals surface area contributed by atoms with Crippen molar-refractivity contribution in [1.82, 2.24) is 13.9 Å². The zero-order chi connectivity index (χ0) is 19.8. The van der Waals surface area contributed by atoms with E-state index in [0.717, 1.165) is 0 Å². The van der Waals surface area contributed by atoms with Gasteiger partial charge in [-0.2, -0.15) is 4.31 Å². The number of rotatable bonds is 5. The van der Waals surface area contributed by atoms with Gasteiger partial charge in [0.2, 0.25) is 10.0 Å². The molecule has 0 spiro atoms. The molecule has 8 nitrogen and oxygen atoms in total.